The standard InChI is InChI=1S/C10H25O6PSi/c1-6-14-18(15-7-2,16-10(3,4)5)9-8-17(11,12)13/h6-9H2,1-5H3,(H2,11,12,13). The molecular formula is C10H25O6PSi. The fraction of sp³-hybridized carbons (Fsp3) is 1.00. The van der Waals surface area contributed by atoms with Gasteiger partial charge in [0.25, 0.3) is 0 Å². The predicted molar refractivity (Wildman–Crippen MR) is 71.6 cm³/mol. The van der Waals surface area contributed by atoms with Crippen LogP contribution in [-0.2, 0) is 17.8 Å². The molecule has 0 fully saturated rings. The topological polar surface area (TPSA) is 85.2 Å². The fourth-order valence-electron chi connectivity index (χ4n) is 1.48. The minimum absolute atomic E-state index is 0.121. The van der Waals surface area contributed by atoms with Crippen molar-refractivity contribution in [2.24, 2.45) is 0 Å². The number of hydrogen-bond donors (Lipinski definition) is 2. The molecule has 2 N–H and O–H groups in total. The highest BCUT2D eigenvalue weighted by Gasteiger charge is 2.45. The maximum atomic E-state index is 11.0. The summed E-state index contributed by atoms with van der Waals surface area (Å²) in [5.74, 6) is 0. The molecule has 0 radical (unpaired) electrons. The Labute approximate surface area is 110 Å². The van der Waals surface area contributed by atoms with Gasteiger partial charge in [-0.3, -0.25) is 4.57 Å². The van der Waals surface area contributed by atoms with Gasteiger partial charge in [0.15, 0.2) is 0 Å². The monoisotopic (exact) mass is 300 g/mol. The molecule has 0 atom stereocenters. The molecule has 0 aromatic rings. The van der Waals surface area contributed by atoms with Gasteiger partial charge in [0, 0.05) is 19.3 Å². The van der Waals surface area contributed by atoms with Crippen LogP contribution in [0.25, 0.3) is 0 Å². The summed E-state index contributed by atoms with van der Waals surface area (Å²) in [5, 5.41) is 0. The summed E-state index contributed by atoms with van der Waals surface area (Å²) in [6, 6.07) is 0.121. The Bertz CT molecular complexity index is 279. The van der Waals surface area contributed by atoms with Gasteiger partial charge in [-0.1, -0.05) is 0 Å². The Morgan fingerprint density at radius 3 is 1.83 bits per heavy atom. The van der Waals surface area contributed by atoms with Crippen LogP contribution in [0.1, 0.15) is 34.6 Å². The van der Waals surface area contributed by atoms with Crippen LogP contribution in [0.3, 0.4) is 0 Å². The van der Waals surface area contributed by atoms with Crippen LogP contribution >= 0.6 is 7.60 Å². The van der Waals surface area contributed by atoms with Crippen molar-refractivity contribution < 1.29 is 27.6 Å². The molecule has 0 aliphatic heterocycles. The van der Waals surface area contributed by atoms with Crippen molar-refractivity contribution >= 4 is 16.4 Å². The summed E-state index contributed by atoms with van der Waals surface area (Å²) in [6.45, 7) is 10.0. The van der Waals surface area contributed by atoms with Crippen LogP contribution in [0.2, 0.25) is 6.04 Å². The van der Waals surface area contributed by atoms with E-state index in [1.54, 1.807) is 0 Å². The summed E-state index contributed by atoms with van der Waals surface area (Å²) < 4.78 is 28.0. The zero-order chi connectivity index (χ0) is 14.4. The smallest absolute Gasteiger partial charge is 0.374 e. The van der Waals surface area contributed by atoms with Crippen molar-refractivity contribution in [1.82, 2.24) is 0 Å². The van der Waals surface area contributed by atoms with Gasteiger partial charge in [-0.15, -0.1) is 0 Å². The van der Waals surface area contributed by atoms with Crippen molar-refractivity contribution in [3.05, 3.63) is 0 Å². The highest BCUT2D eigenvalue weighted by Crippen LogP contribution is 2.38. The van der Waals surface area contributed by atoms with E-state index in [4.69, 9.17) is 23.1 Å². The summed E-state index contributed by atoms with van der Waals surface area (Å²) in [7, 11) is -7.11. The van der Waals surface area contributed by atoms with Crippen molar-refractivity contribution in [1.29, 1.82) is 0 Å². The molecular weight excluding hydrogens is 275 g/mol. The third kappa shape index (κ3) is 8.37. The second-order valence-corrected chi connectivity index (χ2v) is 9.33. The fourth-order valence-corrected chi connectivity index (χ4v) is 6.15. The van der Waals surface area contributed by atoms with Gasteiger partial charge in [0.2, 0.25) is 0 Å². The highest BCUT2D eigenvalue weighted by molar-refractivity contribution is 7.51. The molecule has 6 nitrogen and oxygen atoms in total. The lowest BCUT2D eigenvalue weighted by molar-refractivity contribution is 0.000278. The third-order valence-corrected chi connectivity index (χ3v) is 6.37. The lowest BCUT2D eigenvalue weighted by atomic mass is 10.2. The molecule has 110 valence electrons. The zero-order valence-electron chi connectivity index (χ0n) is 11.8. The molecule has 0 aromatic carbocycles. The quantitative estimate of drug-likeness (QED) is 0.527. The minimum Gasteiger partial charge on any atom is -0.374 e. The number of hydrogen-bond acceptors (Lipinski definition) is 4. The molecule has 0 saturated heterocycles. The molecule has 0 bridgehead atoms. The van der Waals surface area contributed by atoms with E-state index in [2.05, 4.69) is 0 Å². The lowest BCUT2D eigenvalue weighted by Crippen LogP contribution is -2.51. The van der Waals surface area contributed by atoms with Crippen LogP contribution in [0, 0.1) is 0 Å². The Morgan fingerprint density at radius 1 is 1.11 bits per heavy atom. The Kier molecular flexibility index (Phi) is 7.24. The SMILES string of the molecule is CCO[Si](CCP(=O)(O)O)(OCC)OC(C)(C)C. The van der Waals surface area contributed by atoms with Crippen molar-refractivity contribution in [2.75, 3.05) is 19.4 Å². The summed E-state index contributed by atoms with van der Waals surface area (Å²) in [4.78, 5) is 18.0. The average molecular weight is 300 g/mol. The molecule has 0 spiro atoms. The van der Waals surface area contributed by atoms with E-state index in [0.717, 1.165) is 0 Å². The van der Waals surface area contributed by atoms with E-state index in [1.165, 1.54) is 0 Å². The Balaban J connectivity index is 4.90. The van der Waals surface area contributed by atoms with Gasteiger partial charge in [-0.25, -0.2) is 0 Å². The molecule has 0 heterocycles. The largest absolute Gasteiger partial charge is 0.502 e. The molecule has 18 heavy (non-hydrogen) atoms. The molecule has 0 aromatic heterocycles. The van der Waals surface area contributed by atoms with Gasteiger partial charge in [0.1, 0.15) is 0 Å². The van der Waals surface area contributed by atoms with Gasteiger partial charge in [0.05, 0.1) is 11.8 Å². The van der Waals surface area contributed by atoms with E-state index < -0.39 is 22.0 Å². The van der Waals surface area contributed by atoms with Crippen LogP contribution in [0.5, 0.6) is 0 Å². The second kappa shape index (κ2) is 7.14. The Morgan fingerprint density at radius 2 is 1.56 bits per heavy atom. The average Bonchev–Trinajstić information content (AvgIpc) is 2.12. The lowest BCUT2D eigenvalue weighted by Gasteiger charge is -2.35. The van der Waals surface area contributed by atoms with Gasteiger partial charge < -0.3 is 23.1 Å². The van der Waals surface area contributed by atoms with Crippen LogP contribution in [0.4, 0.5) is 0 Å². The molecule has 0 aliphatic rings. The van der Waals surface area contributed by atoms with Crippen LogP contribution in [0.15, 0.2) is 0 Å². The van der Waals surface area contributed by atoms with Crippen molar-refractivity contribution in [3.63, 3.8) is 0 Å². The number of rotatable bonds is 8. The van der Waals surface area contributed by atoms with E-state index in [-0.39, 0.29) is 12.2 Å². The molecule has 0 rings (SSSR count). The van der Waals surface area contributed by atoms with E-state index in [1.807, 2.05) is 34.6 Å². The summed E-state index contributed by atoms with van der Waals surface area (Å²) in [5.41, 5.74) is -0.481. The first-order valence-electron chi connectivity index (χ1n) is 6.06. The van der Waals surface area contributed by atoms with Crippen LogP contribution < -0.4 is 0 Å². The first kappa shape index (κ1) is 18.2. The molecule has 0 amide bonds. The normalized spacial score (nSPS) is 13.9. The molecule has 0 aliphatic carbocycles. The summed E-state index contributed by atoms with van der Waals surface area (Å²) >= 11 is 0. The molecule has 8 heteroatoms. The van der Waals surface area contributed by atoms with Gasteiger partial charge >= 0.3 is 16.4 Å². The van der Waals surface area contributed by atoms with Gasteiger partial charge in [-0.05, 0) is 34.6 Å². The second-order valence-electron chi connectivity index (χ2n) is 4.90. The maximum Gasteiger partial charge on any atom is 0.502 e. The van der Waals surface area contributed by atoms with E-state index in [0.29, 0.717) is 13.2 Å². The first-order valence-corrected chi connectivity index (χ1v) is 9.79. The third-order valence-electron chi connectivity index (χ3n) is 1.90. The van der Waals surface area contributed by atoms with E-state index in [9.17, 15) is 4.57 Å². The molecule has 0 saturated carbocycles. The summed E-state index contributed by atoms with van der Waals surface area (Å²) in [6.07, 6.45) is -0.282. The zero-order valence-corrected chi connectivity index (χ0v) is 13.7. The van der Waals surface area contributed by atoms with Crippen molar-refractivity contribution in [3.8, 4) is 0 Å². The highest BCUT2D eigenvalue weighted by atomic mass is 31.2. The first-order chi connectivity index (χ1) is 8.04. The molecule has 0 unspecified atom stereocenters. The minimum atomic E-state index is -4.08. The predicted octanol–water partition coefficient (Wildman–Crippen LogP) is 1.99. The van der Waals surface area contributed by atoms with Gasteiger partial charge in [-0.2, -0.15) is 0 Å². The maximum absolute atomic E-state index is 11.0. The van der Waals surface area contributed by atoms with E-state index >= 15 is 0 Å². The Hall–Kier alpha value is 0.247. The van der Waals surface area contributed by atoms with Crippen molar-refractivity contribution in [2.45, 2.75) is 46.3 Å². The van der Waals surface area contributed by atoms with Crippen LogP contribution in [-0.4, -0.2) is 43.6 Å².